The van der Waals surface area contributed by atoms with Crippen molar-refractivity contribution in [2.75, 3.05) is 18.1 Å². The van der Waals surface area contributed by atoms with Crippen LogP contribution in [0.4, 0.5) is 0 Å². The molecular formula is C10H18N2S. The summed E-state index contributed by atoms with van der Waals surface area (Å²) in [5.41, 5.74) is 0. The Hall–Kier alpha value is -0.200. The van der Waals surface area contributed by atoms with Gasteiger partial charge >= 0.3 is 0 Å². The van der Waals surface area contributed by atoms with E-state index in [9.17, 15) is 0 Å². The van der Waals surface area contributed by atoms with Crippen molar-refractivity contribution in [3.63, 3.8) is 0 Å². The van der Waals surface area contributed by atoms with E-state index in [-0.39, 0.29) is 6.04 Å². The van der Waals surface area contributed by atoms with Crippen molar-refractivity contribution in [1.82, 2.24) is 5.32 Å². The van der Waals surface area contributed by atoms with Gasteiger partial charge in [-0.05, 0) is 36.3 Å². The molecule has 1 fully saturated rings. The zero-order valence-corrected chi connectivity index (χ0v) is 9.23. The first-order valence-corrected chi connectivity index (χ1v) is 6.10. The zero-order chi connectivity index (χ0) is 9.68. The molecule has 2 unspecified atom stereocenters. The van der Waals surface area contributed by atoms with Gasteiger partial charge in [-0.15, -0.1) is 0 Å². The highest BCUT2D eigenvalue weighted by Crippen LogP contribution is 2.25. The van der Waals surface area contributed by atoms with Crippen LogP contribution in [0.3, 0.4) is 0 Å². The Morgan fingerprint density at radius 3 is 2.85 bits per heavy atom. The number of rotatable bonds is 4. The van der Waals surface area contributed by atoms with Crippen LogP contribution in [0.15, 0.2) is 0 Å². The normalized spacial score (nSPS) is 24.6. The average Bonchev–Trinajstić information content (AvgIpc) is 2.58. The molecule has 0 aromatic heterocycles. The van der Waals surface area contributed by atoms with Crippen molar-refractivity contribution in [2.24, 2.45) is 11.8 Å². The fourth-order valence-corrected chi connectivity index (χ4v) is 2.79. The highest BCUT2D eigenvalue weighted by Gasteiger charge is 2.24. The lowest BCUT2D eigenvalue weighted by Gasteiger charge is -2.18. The molecule has 0 aromatic rings. The smallest absolute Gasteiger partial charge is 0.0989 e. The number of nitrogens with one attached hydrogen (secondary N) is 1. The minimum Gasteiger partial charge on any atom is -0.301 e. The first-order chi connectivity index (χ1) is 6.24. The molecule has 0 saturated carbocycles. The van der Waals surface area contributed by atoms with E-state index in [1.54, 1.807) is 0 Å². The van der Waals surface area contributed by atoms with Crippen molar-refractivity contribution in [1.29, 1.82) is 5.26 Å². The topological polar surface area (TPSA) is 35.8 Å². The second-order valence-electron chi connectivity index (χ2n) is 4.03. The van der Waals surface area contributed by atoms with Crippen LogP contribution in [0, 0.1) is 23.2 Å². The number of nitrogens with zero attached hydrogens (tertiary/aromatic N) is 1. The molecule has 2 nitrogen and oxygen atoms in total. The first kappa shape index (κ1) is 10.9. The predicted molar refractivity (Wildman–Crippen MR) is 57.7 cm³/mol. The van der Waals surface area contributed by atoms with Gasteiger partial charge in [-0.3, -0.25) is 0 Å². The molecular weight excluding hydrogens is 180 g/mol. The Bertz CT molecular complexity index is 180. The van der Waals surface area contributed by atoms with Gasteiger partial charge in [-0.2, -0.15) is 17.0 Å². The second kappa shape index (κ2) is 5.51. The molecule has 3 heteroatoms. The Labute approximate surface area is 85.1 Å². The van der Waals surface area contributed by atoms with Crippen LogP contribution in [-0.2, 0) is 0 Å². The molecule has 1 N–H and O–H groups in total. The number of hydrogen-bond acceptors (Lipinski definition) is 3. The molecule has 1 rings (SSSR count). The summed E-state index contributed by atoms with van der Waals surface area (Å²) in [4.78, 5) is 0. The van der Waals surface area contributed by atoms with Crippen LogP contribution in [0.1, 0.15) is 20.3 Å². The lowest BCUT2D eigenvalue weighted by atomic mass is 10.00. The summed E-state index contributed by atoms with van der Waals surface area (Å²) in [5, 5.41) is 12.3. The van der Waals surface area contributed by atoms with Crippen molar-refractivity contribution in [3.05, 3.63) is 0 Å². The second-order valence-corrected chi connectivity index (χ2v) is 5.18. The summed E-state index contributed by atoms with van der Waals surface area (Å²) in [7, 11) is 0. The molecule has 0 bridgehead atoms. The number of thioether (sulfide) groups is 1. The molecule has 0 amide bonds. The summed E-state index contributed by atoms with van der Waals surface area (Å²) < 4.78 is 0. The summed E-state index contributed by atoms with van der Waals surface area (Å²) in [6, 6.07) is 2.46. The maximum absolute atomic E-state index is 8.98. The third kappa shape index (κ3) is 3.58. The number of hydrogen-bond donors (Lipinski definition) is 1. The number of nitriles is 1. The zero-order valence-electron chi connectivity index (χ0n) is 8.42. The molecule has 0 spiro atoms. The fourth-order valence-electron chi connectivity index (χ4n) is 1.50. The minimum atomic E-state index is 0.0809. The first-order valence-electron chi connectivity index (χ1n) is 4.94. The molecule has 1 aliphatic heterocycles. The van der Waals surface area contributed by atoms with E-state index in [1.165, 1.54) is 12.2 Å². The van der Waals surface area contributed by atoms with Gasteiger partial charge in [0.1, 0.15) is 0 Å². The quantitative estimate of drug-likeness (QED) is 0.749. The highest BCUT2D eigenvalue weighted by molar-refractivity contribution is 7.99. The van der Waals surface area contributed by atoms with Gasteiger partial charge in [0.25, 0.3) is 0 Å². The van der Waals surface area contributed by atoms with E-state index in [4.69, 9.17) is 5.26 Å². The Kier molecular flexibility index (Phi) is 4.61. The van der Waals surface area contributed by atoms with Crippen molar-refractivity contribution in [2.45, 2.75) is 26.3 Å². The van der Waals surface area contributed by atoms with Gasteiger partial charge in [-0.25, -0.2) is 0 Å². The average molecular weight is 198 g/mol. The fraction of sp³-hybridized carbons (Fsp3) is 0.900. The molecule has 0 aromatic carbocycles. The van der Waals surface area contributed by atoms with Crippen LogP contribution in [0.2, 0.25) is 0 Å². The standard InChI is InChI=1S/C10H18N2S/c1-8(2)6-12-10(5-11)9-3-4-13-7-9/h8-10,12H,3-4,6-7H2,1-2H3. The van der Waals surface area contributed by atoms with Gasteiger partial charge in [0.05, 0.1) is 12.1 Å². The molecule has 0 radical (unpaired) electrons. The monoisotopic (exact) mass is 198 g/mol. The van der Waals surface area contributed by atoms with Crippen LogP contribution in [0.5, 0.6) is 0 Å². The molecule has 2 atom stereocenters. The molecule has 0 aliphatic carbocycles. The van der Waals surface area contributed by atoms with Gasteiger partial charge in [0, 0.05) is 0 Å². The molecule has 1 saturated heterocycles. The highest BCUT2D eigenvalue weighted by atomic mass is 32.2. The SMILES string of the molecule is CC(C)CNC(C#N)C1CCSC1. The van der Waals surface area contributed by atoms with Gasteiger partial charge < -0.3 is 5.32 Å². The van der Waals surface area contributed by atoms with Crippen LogP contribution >= 0.6 is 11.8 Å². The Balaban J connectivity index is 2.30. The third-order valence-corrected chi connectivity index (χ3v) is 3.51. The van der Waals surface area contributed by atoms with E-state index in [1.807, 2.05) is 11.8 Å². The van der Waals surface area contributed by atoms with E-state index in [2.05, 4.69) is 25.2 Å². The van der Waals surface area contributed by atoms with Crippen LogP contribution in [-0.4, -0.2) is 24.1 Å². The van der Waals surface area contributed by atoms with Gasteiger partial charge in [0.2, 0.25) is 0 Å². The van der Waals surface area contributed by atoms with E-state index >= 15 is 0 Å². The molecule has 1 heterocycles. The maximum Gasteiger partial charge on any atom is 0.0989 e. The van der Waals surface area contributed by atoms with Crippen LogP contribution < -0.4 is 5.32 Å². The minimum absolute atomic E-state index is 0.0809. The Morgan fingerprint density at radius 2 is 2.38 bits per heavy atom. The third-order valence-electron chi connectivity index (χ3n) is 2.32. The van der Waals surface area contributed by atoms with Crippen molar-refractivity contribution < 1.29 is 0 Å². The van der Waals surface area contributed by atoms with E-state index in [0.717, 1.165) is 12.3 Å². The van der Waals surface area contributed by atoms with Gasteiger partial charge in [-0.1, -0.05) is 13.8 Å². The summed E-state index contributed by atoms with van der Waals surface area (Å²) >= 11 is 1.97. The summed E-state index contributed by atoms with van der Waals surface area (Å²) in [6.45, 7) is 5.30. The lowest BCUT2D eigenvalue weighted by molar-refractivity contribution is 0.422. The molecule has 74 valence electrons. The molecule has 1 aliphatic rings. The largest absolute Gasteiger partial charge is 0.301 e. The van der Waals surface area contributed by atoms with Crippen molar-refractivity contribution in [3.8, 4) is 6.07 Å². The summed E-state index contributed by atoms with van der Waals surface area (Å²) in [6.07, 6.45) is 1.20. The van der Waals surface area contributed by atoms with E-state index in [0.29, 0.717) is 11.8 Å². The lowest BCUT2D eigenvalue weighted by Crippen LogP contribution is -2.37. The van der Waals surface area contributed by atoms with Crippen LogP contribution in [0.25, 0.3) is 0 Å². The predicted octanol–water partition coefficient (Wildman–Crippen LogP) is 1.88. The van der Waals surface area contributed by atoms with Gasteiger partial charge in [0.15, 0.2) is 0 Å². The Morgan fingerprint density at radius 1 is 1.62 bits per heavy atom. The van der Waals surface area contributed by atoms with Crippen molar-refractivity contribution >= 4 is 11.8 Å². The maximum atomic E-state index is 8.98. The summed E-state index contributed by atoms with van der Waals surface area (Å²) in [5.74, 6) is 3.59. The molecule has 13 heavy (non-hydrogen) atoms. The van der Waals surface area contributed by atoms with E-state index < -0.39 is 0 Å².